The molecule has 4 rings (SSSR count). The topological polar surface area (TPSA) is 96.4 Å². The molecule has 0 radical (unpaired) electrons. The van der Waals surface area contributed by atoms with E-state index in [0.717, 1.165) is 5.69 Å². The lowest BCUT2D eigenvalue weighted by Gasteiger charge is -2.26. The van der Waals surface area contributed by atoms with E-state index in [1.807, 2.05) is 31.1 Å². The molecule has 0 aromatic heterocycles. The first-order valence-corrected chi connectivity index (χ1v) is 12.1. The molecule has 1 heterocycles. The SMILES string of the molecule is COC(=O)c1ccc(N2C(=O)C(=O)/C(=C(/O)c3cc(Cl)cc(Cl)c3OC)C2c2ccc(N(C)C)cc2)cc1. The van der Waals surface area contributed by atoms with Crippen LogP contribution >= 0.6 is 23.2 Å². The summed E-state index contributed by atoms with van der Waals surface area (Å²) in [5, 5.41) is 11.8. The Kier molecular flexibility index (Phi) is 7.66. The van der Waals surface area contributed by atoms with Gasteiger partial charge in [-0.25, -0.2) is 4.79 Å². The summed E-state index contributed by atoms with van der Waals surface area (Å²) >= 11 is 12.5. The van der Waals surface area contributed by atoms with Gasteiger partial charge in [0.2, 0.25) is 0 Å². The number of carbonyl (C=O) groups excluding carboxylic acids is 3. The molecule has 10 heteroatoms. The van der Waals surface area contributed by atoms with Gasteiger partial charge in [0.1, 0.15) is 11.5 Å². The first-order valence-electron chi connectivity index (χ1n) is 11.4. The lowest BCUT2D eigenvalue weighted by atomic mass is 9.94. The number of methoxy groups -OCH3 is 2. The Morgan fingerprint density at radius 1 is 0.974 bits per heavy atom. The van der Waals surface area contributed by atoms with Gasteiger partial charge >= 0.3 is 5.97 Å². The van der Waals surface area contributed by atoms with Crippen molar-refractivity contribution in [3.63, 3.8) is 0 Å². The zero-order chi connectivity index (χ0) is 27.7. The summed E-state index contributed by atoms with van der Waals surface area (Å²) < 4.78 is 10.1. The van der Waals surface area contributed by atoms with E-state index in [1.165, 1.54) is 55.5 Å². The number of amides is 1. The molecule has 1 unspecified atom stereocenters. The van der Waals surface area contributed by atoms with E-state index in [2.05, 4.69) is 0 Å². The second kappa shape index (κ2) is 10.8. The molecule has 1 saturated heterocycles. The van der Waals surface area contributed by atoms with Gasteiger partial charge in [-0.3, -0.25) is 14.5 Å². The third-order valence-electron chi connectivity index (χ3n) is 6.20. The molecule has 1 N–H and O–H groups in total. The second-order valence-corrected chi connectivity index (χ2v) is 9.51. The molecular formula is C28H24Cl2N2O6. The lowest BCUT2D eigenvalue weighted by molar-refractivity contribution is -0.132. The fourth-order valence-electron chi connectivity index (χ4n) is 4.33. The van der Waals surface area contributed by atoms with Crippen LogP contribution in [0.2, 0.25) is 10.0 Å². The molecule has 3 aromatic rings. The van der Waals surface area contributed by atoms with Gasteiger partial charge in [-0.05, 0) is 54.1 Å². The number of Topliss-reactive ketones (excluding diaryl/α,β-unsaturated/α-hetero) is 1. The Hall–Kier alpha value is -4.01. The van der Waals surface area contributed by atoms with Gasteiger partial charge in [-0.15, -0.1) is 0 Å². The van der Waals surface area contributed by atoms with Crippen molar-refractivity contribution < 1.29 is 29.0 Å². The van der Waals surface area contributed by atoms with E-state index in [1.54, 1.807) is 12.1 Å². The van der Waals surface area contributed by atoms with Gasteiger partial charge in [0, 0.05) is 30.5 Å². The van der Waals surface area contributed by atoms with E-state index in [9.17, 15) is 19.5 Å². The summed E-state index contributed by atoms with van der Waals surface area (Å²) in [6.07, 6.45) is 0. The third-order valence-corrected chi connectivity index (χ3v) is 6.70. The normalized spacial score (nSPS) is 16.5. The van der Waals surface area contributed by atoms with Crippen LogP contribution in [0.1, 0.15) is 27.5 Å². The van der Waals surface area contributed by atoms with Gasteiger partial charge in [0.25, 0.3) is 11.7 Å². The average molecular weight is 555 g/mol. The predicted molar refractivity (Wildman–Crippen MR) is 146 cm³/mol. The Balaban J connectivity index is 1.95. The van der Waals surface area contributed by atoms with Crippen LogP contribution in [0.3, 0.4) is 0 Å². The molecule has 8 nitrogen and oxygen atoms in total. The van der Waals surface area contributed by atoms with Crippen molar-refractivity contribution in [3.05, 3.63) is 93.0 Å². The average Bonchev–Trinajstić information content (AvgIpc) is 3.17. The summed E-state index contributed by atoms with van der Waals surface area (Å²) in [7, 11) is 6.41. The number of esters is 1. The second-order valence-electron chi connectivity index (χ2n) is 8.66. The van der Waals surface area contributed by atoms with Gasteiger partial charge in [0.15, 0.2) is 0 Å². The Bertz CT molecular complexity index is 1450. The summed E-state index contributed by atoms with van der Waals surface area (Å²) in [5.74, 6) is -2.69. The molecular weight excluding hydrogens is 531 g/mol. The van der Waals surface area contributed by atoms with Gasteiger partial charge in [0.05, 0.1) is 42.0 Å². The van der Waals surface area contributed by atoms with Gasteiger partial charge < -0.3 is 19.5 Å². The van der Waals surface area contributed by atoms with Gasteiger partial charge in [-0.2, -0.15) is 0 Å². The molecule has 3 aromatic carbocycles. The minimum absolute atomic E-state index is 0.0685. The van der Waals surface area contributed by atoms with Crippen LogP contribution < -0.4 is 14.5 Å². The number of ketones is 1. The number of aliphatic hydroxyl groups excluding tert-OH is 1. The minimum atomic E-state index is -1.00. The number of rotatable bonds is 6. The van der Waals surface area contributed by atoms with E-state index >= 15 is 0 Å². The fraction of sp³-hybridized carbons (Fsp3) is 0.179. The summed E-state index contributed by atoms with van der Waals surface area (Å²) in [6, 6.07) is 15.1. The van der Waals surface area contributed by atoms with Crippen LogP contribution in [0.4, 0.5) is 11.4 Å². The molecule has 0 saturated carbocycles. The number of carbonyl (C=O) groups is 3. The largest absolute Gasteiger partial charge is 0.507 e. The number of hydrogen-bond donors (Lipinski definition) is 1. The predicted octanol–water partition coefficient (Wildman–Crippen LogP) is 5.48. The Morgan fingerprint density at radius 3 is 2.16 bits per heavy atom. The Morgan fingerprint density at radius 2 is 1.61 bits per heavy atom. The summed E-state index contributed by atoms with van der Waals surface area (Å²) in [4.78, 5) is 42.0. The number of hydrogen-bond acceptors (Lipinski definition) is 7. The Labute approximate surface area is 229 Å². The molecule has 1 aliphatic rings. The smallest absolute Gasteiger partial charge is 0.337 e. The number of nitrogens with zero attached hydrogens (tertiary/aromatic N) is 2. The van der Waals surface area contributed by atoms with E-state index in [-0.39, 0.29) is 32.5 Å². The molecule has 38 heavy (non-hydrogen) atoms. The first-order chi connectivity index (χ1) is 18.1. The van der Waals surface area contributed by atoms with Crippen LogP contribution in [0.25, 0.3) is 5.76 Å². The van der Waals surface area contributed by atoms with Crippen LogP contribution in [-0.4, -0.2) is 51.1 Å². The van der Waals surface area contributed by atoms with Crippen LogP contribution in [0.15, 0.2) is 66.2 Å². The van der Waals surface area contributed by atoms with Gasteiger partial charge in [-0.1, -0.05) is 35.3 Å². The molecule has 1 aliphatic heterocycles. The highest BCUT2D eigenvalue weighted by atomic mass is 35.5. The van der Waals surface area contributed by atoms with Crippen molar-refractivity contribution >= 4 is 58.0 Å². The third kappa shape index (κ3) is 4.80. The van der Waals surface area contributed by atoms with Crippen LogP contribution in [0.5, 0.6) is 5.75 Å². The standard InChI is InChI=1S/C28H24Cl2N2O6/c1-31(2)18-9-5-15(6-10-18)23-22(24(33)20-13-17(29)14-21(30)26(20)37-3)25(34)27(35)32(23)19-11-7-16(8-12-19)28(36)38-4/h5-14,23,33H,1-4H3/b24-22+. The molecule has 0 aliphatic carbocycles. The molecule has 196 valence electrons. The van der Waals surface area contributed by atoms with Crippen LogP contribution in [0, 0.1) is 0 Å². The zero-order valence-corrected chi connectivity index (χ0v) is 22.5. The van der Waals surface area contributed by atoms with Crippen LogP contribution in [-0.2, 0) is 14.3 Å². The minimum Gasteiger partial charge on any atom is -0.507 e. The summed E-state index contributed by atoms with van der Waals surface area (Å²) in [5.41, 5.74) is 1.99. The summed E-state index contributed by atoms with van der Waals surface area (Å²) in [6.45, 7) is 0. The number of anilines is 2. The lowest BCUT2D eigenvalue weighted by Crippen LogP contribution is -2.29. The van der Waals surface area contributed by atoms with E-state index in [0.29, 0.717) is 11.3 Å². The molecule has 0 spiro atoms. The molecule has 1 atom stereocenters. The van der Waals surface area contributed by atoms with Crippen molar-refractivity contribution in [3.8, 4) is 5.75 Å². The van der Waals surface area contributed by atoms with Crippen molar-refractivity contribution in [2.75, 3.05) is 38.1 Å². The number of ether oxygens (including phenoxy) is 2. The highest BCUT2D eigenvalue weighted by Gasteiger charge is 2.47. The van der Waals surface area contributed by atoms with Crippen molar-refractivity contribution in [2.24, 2.45) is 0 Å². The molecule has 0 bridgehead atoms. The van der Waals surface area contributed by atoms with Crippen molar-refractivity contribution in [2.45, 2.75) is 6.04 Å². The number of halogens is 2. The highest BCUT2D eigenvalue weighted by molar-refractivity contribution is 6.52. The highest BCUT2D eigenvalue weighted by Crippen LogP contribution is 2.45. The maximum Gasteiger partial charge on any atom is 0.337 e. The zero-order valence-electron chi connectivity index (χ0n) is 21.0. The van der Waals surface area contributed by atoms with E-state index < -0.39 is 29.5 Å². The molecule has 1 amide bonds. The van der Waals surface area contributed by atoms with Crippen molar-refractivity contribution in [1.82, 2.24) is 0 Å². The van der Waals surface area contributed by atoms with Crippen molar-refractivity contribution in [1.29, 1.82) is 0 Å². The number of benzene rings is 3. The maximum absolute atomic E-state index is 13.5. The molecule has 1 fully saturated rings. The first kappa shape index (κ1) is 27.0. The monoisotopic (exact) mass is 554 g/mol. The maximum atomic E-state index is 13.5. The van der Waals surface area contributed by atoms with E-state index in [4.69, 9.17) is 32.7 Å². The number of aliphatic hydroxyl groups is 1. The quantitative estimate of drug-likeness (QED) is 0.186. The fourth-order valence-corrected chi connectivity index (χ4v) is 4.90.